The number of hydrogen-bond donors (Lipinski definition) is 5. The Balaban J connectivity index is 2.25. The molecule has 25 heavy (non-hydrogen) atoms. The second kappa shape index (κ2) is 8.45. The topological polar surface area (TPSA) is 146 Å². The van der Waals surface area contributed by atoms with E-state index in [1.54, 1.807) is 0 Å². The average molecular weight is 358 g/mol. The van der Waals surface area contributed by atoms with E-state index in [1.165, 1.54) is 18.2 Å². The summed E-state index contributed by atoms with van der Waals surface area (Å²) < 4.78 is 15.6. The van der Waals surface area contributed by atoms with E-state index < -0.39 is 49.0 Å². The third-order valence-electron chi connectivity index (χ3n) is 3.73. The van der Waals surface area contributed by atoms with Crippen LogP contribution in [0.2, 0.25) is 0 Å². The van der Waals surface area contributed by atoms with Crippen LogP contribution in [-0.2, 0) is 9.47 Å². The van der Waals surface area contributed by atoms with Crippen molar-refractivity contribution in [2.75, 3.05) is 13.2 Å². The molecule has 0 spiro atoms. The molecule has 1 aromatic carbocycles. The van der Waals surface area contributed by atoms with Crippen LogP contribution in [0.1, 0.15) is 23.7 Å². The lowest BCUT2D eigenvalue weighted by atomic mass is 9.99. The number of phenolic OH excluding ortho intramolecular Hbond substituents is 1. The number of phenols is 1. The fraction of sp³-hybridized carbons (Fsp3) is 0.562. The number of esters is 1. The van der Waals surface area contributed by atoms with Gasteiger partial charge in [-0.2, -0.15) is 0 Å². The molecular formula is C16H22O9. The predicted molar refractivity (Wildman–Crippen MR) is 83.1 cm³/mol. The molecule has 9 nitrogen and oxygen atoms in total. The largest absolute Gasteiger partial charge is 0.504 e. The van der Waals surface area contributed by atoms with Gasteiger partial charge in [0.25, 0.3) is 0 Å². The predicted octanol–water partition coefficient (Wildman–Crippen LogP) is -0.862. The van der Waals surface area contributed by atoms with E-state index >= 15 is 0 Å². The lowest BCUT2D eigenvalue weighted by Crippen LogP contribution is -2.60. The molecule has 1 aliphatic rings. The first-order chi connectivity index (χ1) is 11.9. The first-order valence-corrected chi connectivity index (χ1v) is 7.87. The van der Waals surface area contributed by atoms with Gasteiger partial charge < -0.3 is 39.7 Å². The molecule has 140 valence electrons. The van der Waals surface area contributed by atoms with Gasteiger partial charge >= 0.3 is 5.97 Å². The number of ether oxygens (including phenoxy) is 3. The van der Waals surface area contributed by atoms with Gasteiger partial charge in [-0.15, -0.1) is 0 Å². The lowest BCUT2D eigenvalue weighted by Gasteiger charge is -2.39. The third kappa shape index (κ3) is 4.20. The second-order valence-electron chi connectivity index (χ2n) is 5.60. The number of aromatic hydroxyl groups is 1. The number of aliphatic hydroxyl groups is 4. The minimum atomic E-state index is -1.67. The Labute approximate surface area is 144 Å². The van der Waals surface area contributed by atoms with Crippen LogP contribution in [0.3, 0.4) is 0 Å². The van der Waals surface area contributed by atoms with Gasteiger partial charge in [-0.3, -0.25) is 0 Å². The van der Waals surface area contributed by atoms with Crippen molar-refractivity contribution < 1.29 is 44.5 Å². The first kappa shape index (κ1) is 19.4. The summed E-state index contributed by atoms with van der Waals surface area (Å²) in [6.45, 7) is 1.37. The maximum atomic E-state index is 12.1. The van der Waals surface area contributed by atoms with Crippen LogP contribution in [0.5, 0.6) is 11.5 Å². The minimum Gasteiger partial charge on any atom is -0.504 e. The zero-order chi connectivity index (χ0) is 18.6. The van der Waals surface area contributed by atoms with Gasteiger partial charge in [0.1, 0.15) is 30.0 Å². The molecule has 0 bridgehead atoms. The van der Waals surface area contributed by atoms with E-state index in [9.17, 15) is 30.3 Å². The van der Waals surface area contributed by atoms with Crippen molar-refractivity contribution in [1.82, 2.24) is 0 Å². The Kier molecular flexibility index (Phi) is 6.57. The first-order valence-electron chi connectivity index (χ1n) is 7.87. The molecule has 1 aliphatic heterocycles. The van der Waals surface area contributed by atoms with Gasteiger partial charge in [-0.05, 0) is 18.6 Å². The fourth-order valence-corrected chi connectivity index (χ4v) is 2.36. The number of carbonyl (C=O) groups is 1. The average Bonchev–Trinajstić information content (AvgIpc) is 2.61. The summed E-state index contributed by atoms with van der Waals surface area (Å²) in [6.07, 6.45) is -6.95. The summed E-state index contributed by atoms with van der Waals surface area (Å²) in [7, 11) is 0. The second-order valence-corrected chi connectivity index (χ2v) is 5.60. The van der Waals surface area contributed by atoms with E-state index in [1.807, 2.05) is 6.92 Å². The van der Waals surface area contributed by atoms with Crippen molar-refractivity contribution in [3.8, 4) is 11.5 Å². The summed E-state index contributed by atoms with van der Waals surface area (Å²) in [6, 6.07) is 4.03. The maximum Gasteiger partial charge on any atom is 0.342 e. The van der Waals surface area contributed by atoms with Crippen molar-refractivity contribution in [2.45, 2.75) is 44.1 Å². The molecule has 1 fully saturated rings. The van der Waals surface area contributed by atoms with Crippen LogP contribution in [0.25, 0.3) is 0 Å². The Hall–Kier alpha value is -1.91. The number of carbonyl (C=O) groups excluding carboxylic acids is 1. The highest BCUT2D eigenvalue weighted by atomic mass is 16.7. The molecular weight excluding hydrogens is 336 g/mol. The van der Waals surface area contributed by atoms with Crippen LogP contribution in [0.15, 0.2) is 18.2 Å². The summed E-state index contributed by atoms with van der Waals surface area (Å²) >= 11 is 0. The molecule has 0 aromatic heterocycles. The van der Waals surface area contributed by atoms with E-state index in [0.29, 0.717) is 6.42 Å². The monoisotopic (exact) mass is 358 g/mol. The van der Waals surface area contributed by atoms with Crippen LogP contribution in [-0.4, -0.2) is 75.4 Å². The molecule has 0 saturated carbocycles. The highest BCUT2D eigenvalue weighted by Crippen LogP contribution is 2.34. The van der Waals surface area contributed by atoms with Crippen molar-refractivity contribution >= 4 is 5.97 Å². The van der Waals surface area contributed by atoms with Gasteiger partial charge in [0.2, 0.25) is 6.29 Å². The zero-order valence-corrected chi connectivity index (χ0v) is 13.6. The number of aliphatic hydroxyl groups excluding tert-OH is 4. The fourth-order valence-electron chi connectivity index (χ4n) is 2.36. The smallest absolute Gasteiger partial charge is 0.342 e. The Morgan fingerprint density at radius 1 is 1.20 bits per heavy atom. The summed E-state index contributed by atoms with van der Waals surface area (Å²) in [5.41, 5.74) is -0.0922. The van der Waals surface area contributed by atoms with Crippen molar-refractivity contribution in [3.05, 3.63) is 23.8 Å². The van der Waals surface area contributed by atoms with Crippen LogP contribution >= 0.6 is 0 Å². The molecule has 1 aromatic rings. The highest BCUT2D eigenvalue weighted by molar-refractivity contribution is 5.93. The number of hydrogen-bond acceptors (Lipinski definition) is 9. The van der Waals surface area contributed by atoms with E-state index in [4.69, 9.17) is 14.2 Å². The molecule has 5 atom stereocenters. The Bertz CT molecular complexity index is 589. The van der Waals surface area contributed by atoms with E-state index in [2.05, 4.69) is 0 Å². The molecule has 1 saturated heterocycles. The minimum absolute atomic E-state index is 0.0922. The SMILES string of the molecule is CCCOC(=O)c1cccc(O)c1O[C@@H]1O[C@H](CO)[C@@H](O)[C@H](O)[C@H]1O. The maximum absolute atomic E-state index is 12.1. The van der Waals surface area contributed by atoms with Crippen molar-refractivity contribution in [3.63, 3.8) is 0 Å². The van der Waals surface area contributed by atoms with Gasteiger partial charge in [0.05, 0.1) is 13.2 Å². The third-order valence-corrected chi connectivity index (χ3v) is 3.73. The molecule has 0 radical (unpaired) electrons. The Morgan fingerprint density at radius 3 is 2.56 bits per heavy atom. The zero-order valence-electron chi connectivity index (χ0n) is 13.6. The van der Waals surface area contributed by atoms with Crippen LogP contribution in [0.4, 0.5) is 0 Å². The van der Waals surface area contributed by atoms with Gasteiger partial charge in [-0.25, -0.2) is 4.79 Å². The molecule has 2 rings (SSSR count). The van der Waals surface area contributed by atoms with Gasteiger partial charge in [-0.1, -0.05) is 13.0 Å². The normalized spacial score (nSPS) is 29.2. The Morgan fingerprint density at radius 2 is 1.92 bits per heavy atom. The van der Waals surface area contributed by atoms with E-state index in [-0.39, 0.29) is 17.9 Å². The molecule has 0 aliphatic carbocycles. The molecule has 1 heterocycles. The number of para-hydroxylation sites is 1. The molecule has 0 amide bonds. The quantitative estimate of drug-likeness (QED) is 0.410. The van der Waals surface area contributed by atoms with Crippen LogP contribution in [0, 0.1) is 0 Å². The summed E-state index contributed by atoms with van der Waals surface area (Å²) in [5, 5.41) is 48.7. The molecule has 0 unspecified atom stereocenters. The summed E-state index contributed by atoms with van der Waals surface area (Å²) in [4.78, 5) is 12.1. The van der Waals surface area contributed by atoms with Gasteiger partial charge in [0.15, 0.2) is 11.5 Å². The lowest BCUT2D eigenvalue weighted by molar-refractivity contribution is -0.277. The van der Waals surface area contributed by atoms with Gasteiger partial charge in [0, 0.05) is 0 Å². The van der Waals surface area contributed by atoms with Crippen molar-refractivity contribution in [2.24, 2.45) is 0 Å². The molecule has 9 heteroatoms. The van der Waals surface area contributed by atoms with Crippen molar-refractivity contribution in [1.29, 1.82) is 0 Å². The highest BCUT2D eigenvalue weighted by Gasteiger charge is 2.45. The molecule has 5 N–H and O–H groups in total. The summed E-state index contributed by atoms with van der Waals surface area (Å²) in [5.74, 6) is -1.44. The standard InChI is InChI=1S/C16H22O9/c1-2-6-23-15(22)8-4-3-5-9(18)14(8)25-16-13(21)12(20)11(19)10(7-17)24-16/h3-5,10-13,16-21H,2,6-7H2,1H3/t10-,11-,12+,13-,16+/m1/s1. The number of rotatable bonds is 6. The number of benzene rings is 1. The van der Waals surface area contributed by atoms with E-state index in [0.717, 1.165) is 0 Å². The van der Waals surface area contributed by atoms with Crippen LogP contribution < -0.4 is 4.74 Å².